The van der Waals surface area contributed by atoms with Gasteiger partial charge in [0.2, 0.25) is 5.71 Å². The molecule has 0 aliphatic heterocycles. The maximum absolute atomic E-state index is 11.1. The summed E-state index contributed by atoms with van der Waals surface area (Å²) in [6.07, 6.45) is 4.53. The molecule has 0 saturated heterocycles. The molecule has 0 unspecified atom stereocenters. The van der Waals surface area contributed by atoms with Gasteiger partial charge in [-0.05, 0) is 18.6 Å². The molecule has 1 heterocycles. The summed E-state index contributed by atoms with van der Waals surface area (Å²) in [7, 11) is 0. The zero-order valence-electron chi connectivity index (χ0n) is 9.31. The highest BCUT2D eigenvalue weighted by Crippen LogP contribution is 2.03. The third-order valence-electron chi connectivity index (χ3n) is 1.98. The Morgan fingerprint density at radius 2 is 2.38 bits per heavy atom. The Bertz CT molecular complexity index is 344. The molecule has 0 fully saturated rings. The van der Waals surface area contributed by atoms with E-state index in [0.29, 0.717) is 12.4 Å². The van der Waals surface area contributed by atoms with Crippen molar-refractivity contribution in [3.8, 4) is 0 Å². The van der Waals surface area contributed by atoms with Gasteiger partial charge in [-0.3, -0.25) is 4.79 Å². The Morgan fingerprint density at radius 3 is 2.94 bits per heavy atom. The summed E-state index contributed by atoms with van der Waals surface area (Å²) >= 11 is 0. The normalized spacial score (nSPS) is 11.4. The summed E-state index contributed by atoms with van der Waals surface area (Å²) in [4.78, 5) is 16.1. The number of oxime groups is 1. The molecule has 5 nitrogen and oxygen atoms in total. The average molecular weight is 224 g/mol. The minimum Gasteiger partial charge on any atom is -0.462 e. The van der Waals surface area contributed by atoms with Gasteiger partial charge >= 0.3 is 0 Å². The molecular formula is C11H16N2O3. The number of furan rings is 1. The van der Waals surface area contributed by atoms with Gasteiger partial charge in [0.05, 0.1) is 6.26 Å². The van der Waals surface area contributed by atoms with Crippen molar-refractivity contribution in [1.29, 1.82) is 0 Å². The van der Waals surface area contributed by atoms with E-state index in [9.17, 15) is 4.79 Å². The molecular weight excluding hydrogens is 208 g/mol. The Kier molecular flexibility index (Phi) is 5.11. The maximum atomic E-state index is 11.1. The van der Waals surface area contributed by atoms with E-state index in [2.05, 4.69) is 12.1 Å². The van der Waals surface area contributed by atoms with Gasteiger partial charge in [0.25, 0.3) is 5.91 Å². The van der Waals surface area contributed by atoms with Crippen LogP contribution in [0.1, 0.15) is 31.9 Å². The molecule has 0 aliphatic carbocycles. The van der Waals surface area contributed by atoms with Gasteiger partial charge in [-0.2, -0.15) is 0 Å². The fourth-order valence-electron chi connectivity index (χ4n) is 1.15. The quantitative estimate of drug-likeness (QED) is 0.434. The molecule has 0 bridgehead atoms. The monoisotopic (exact) mass is 224 g/mol. The zero-order chi connectivity index (χ0) is 11.8. The minimum absolute atomic E-state index is 0.0153. The predicted octanol–water partition coefficient (Wildman–Crippen LogP) is 1.68. The summed E-state index contributed by atoms with van der Waals surface area (Å²) in [5, 5.41) is 3.69. The summed E-state index contributed by atoms with van der Waals surface area (Å²) in [5.41, 5.74) is 5.17. The number of rotatable bonds is 7. The Labute approximate surface area is 94.2 Å². The Morgan fingerprint density at radius 1 is 1.56 bits per heavy atom. The summed E-state index contributed by atoms with van der Waals surface area (Å²) < 4.78 is 5.02. The van der Waals surface area contributed by atoms with Crippen LogP contribution in [0.5, 0.6) is 0 Å². The van der Waals surface area contributed by atoms with Crippen LogP contribution in [0.4, 0.5) is 0 Å². The summed E-state index contributed by atoms with van der Waals surface area (Å²) in [5.74, 6) is -0.339. The third kappa shape index (κ3) is 3.76. The number of nitrogens with zero attached hydrogens (tertiary/aromatic N) is 1. The molecule has 2 N–H and O–H groups in total. The fourth-order valence-corrected chi connectivity index (χ4v) is 1.15. The van der Waals surface area contributed by atoms with Crippen molar-refractivity contribution >= 4 is 11.6 Å². The fraction of sp³-hybridized carbons (Fsp3) is 0.455. The molecule has 5 heteroatoms. The van der Waals surface area contributed by atoms with E-state index in [4.69, 9.17) is 15.0 Å². The van der Waals surface area contributed by atoms with Crippen LogP contribution in [-0.4, -0.2) is 18.2 Å². The van der Waals surface area contributed by atoms with Crippen molar-refractivity contribution < 1.29 is 14.0 Å². The van der Waals surface area contributed by atoms with Crippen molar-refractivity contribution in [3.05, 3.63) is 24.2 Å². The minimum atomic E-state index is -0.662. The van der Waals surface area contributed by atoms with Gasteiger partial charge in [0, 0.05) is 0 Å². The molecule has 0 spiro atoms. The average Bonchev–Trinajstić information content (AvgIpc) is 2.76. The van der Waals surface area contributed by atoms with E-state index in [-0.39, 0.29) is 5.71 Å². The van der Waals surface area contributed by atoms with Crippen molar-refractivity contribution in [1.82, 2.24) is 0 Å². The van der Waals surface area contributed by atoms with Crippen LogP contribution >= 0.6 is 0 Å². The first-order valence-corrected chi connectivity index (χ1v) is 5.29. The van der Waals surface area contributed by atoms with Crippen LogP contribution in [0.15, 0.2) is 28.0 Å². The van der Waals surface area contributed by atoms with Crippen LogP contribution in [0, 0.1) is 0 Å². The molecule has 0 aliphatic rings. The highest BCUT2D eigenvalue weighted by atomic mass is 16.6. The van der Waals surface area contributed by atoms with E-state index in [1.165, 1.54) is 6.26 Å². The van der Waals surface area contributed by atoms with Gasteiger partial charge in [0.1, 0.15) is 6.61 Å². The SMILES string of the molecule is CCCCCON=C(C(N)=O)c1ccco1. The van der Waals surface area contributed by atoms with E-state index in [1.807, 2.05) is 0 Å². The molecule has 16 heavy (non-hydrogen) atoms. The second kappa shape index (κ2) is 6.66. The van der Waals surface area contributed by atoms with Gasteiger partial charge in [-0.1, -0.05) is 24.9 Å². The number of amides is 1. The largest absolute Gasteiger partial charge is 0.462 e. The van der Waals surface area contributed by atoms with Gasteiger partial charge in [0.15, 0.2) is 5.76 Å². The van der Waals surface area contributed by atoms with Crippen LogP contribution in [-0.2, 0) is 9.63 Å². The van der Waals surface area contributed by atoms with Crippen LogP contribution in [0.25, 0.3) is 0 Å². The molecule has 1 aromatic rings. The zero-order valence-corrected chi connectivity index (χ0v) is 9.31. The number of primary amides is 1. The van der Waals surface area contributed by atoms with E-state index < -0.39 is 5.91 Å². The first kappa shape index (κ1) is 12.3. The summed E-state index contributed by atoms with van der Waals surface area (Å²) in [6.45, 7) is 2.58. The van der Waals surface area contributed by atoms with Crippen molar-refractivity contribution in [2.45, 2.75) is 26.2 Å². The molecule has 0 aromatic carbocycles. The molecule has 0 radical (unpaired) electrons. The lowest BCUT2D eigenvalue weighted by Crippen LogP contribution is -2.24. The summed E-state index contributed by atoms with van der Waals surface area (Å²) in [6, 6.07) is 3.27. The highest BCUT2D eigenvalue weighted by molar-refractivity contribution is 6.43. The topological polar surface area (TPSA) is 77.8 Å². The molecule has 0 saturated carbocycles. The van der Waals surface area contributed by atoms with Gasteiger partial charge < -0.3 is 15.0 Å². The lowest BCUT2D eigenvalue weighted by atomic mass is 10.3. The number of nitrogens with two attached hydrogens (primary N) is 1. The Balaban J connectivity index is 2.51. The van der Waals surface area contributed by atoms with Crippen molar-refractivity contribution in [3.63, 3.8) is 0 Å². The van der Waals surface area contributed by atoms with E-state index in [1.54, 1.807) is 12.1 Å². The molecule has 1 rings (SSSR count). The lowest BCUT2D eigenvalue weighted by molar-refractivity contribution is -0.112. The van der Waals surface area contributed by atoms with E-state index in [0.717, 1.165) is 19.3 Å². The number of unbranched alkanes of at least 4 members (excludes halogenated alkanes) is 2. The number of hydrogen-bond acceptors (Lipinski definition) is 4. The van der Waals surface area contributed by atoms with E-state index >= 15 is 0 Å². The number of hydrogen-bond donors (Lipinski definition) is 1. The highest BCUT2D eigenvalue weighted by Gasteiger charge is 2.13. The standard InChI is InChI=1S/C11H16N2O3/c1-2-3-4-8-16-13-10(11(12)14)9-6-5-7-15-9/h5-7H,2-4,8H2,1H3,(H2,12,14). The first-order chi connectivity index (χ1) is 7.75. The van der Waals surface area contributed by atoms with Crippen molar-refractivity contribution in [2.24, 2.45) is 10.9 Å². The molecule has 0 atom stereocenters. The second-order valence-corrected chi connectivity index (χ2v) is 3.32. The van der Waals surface area contributed by atoms with Crippen LogP contribution < -0.4 is 5.73 Å². The van der Waals surface area contributed by atoms with Gasteiger partial charge in [-0.25, -0.2) is 0 Å². The smallest absolute Gasteiger partial charge is 0.274 e. The second-order valence-electron chi connectivity index (χ2n) is 3.32. The lowest BCUT2D eigenvalue weighted by Gasteiger charge is -2.00. The third-order valence-corrected chi connectivity index (χ3v) is 1.98. The van der Waals surface area contributed by atoms with Crippen molar-refractivity contribution in [2.75, 3.05) is 6.61 Å². The first-order valence-electron chi connectivity index (χ1n) is 5.29. The number of carbonyl (C=O) groups excluding carboxylic acids is 1. The van der Waals surface area contributed by atoms with Gasteiger partial charge in [-0.15, -0.1) is 0 Å². The maximum Gasteiger partial charge on any atom is 0.274 e. The molecule has 1 aromatic heterocycles. The Hall–Kier alpha value is -1.78. The van der Waals surface area contributed by atoms with Crippen LogP contribution in [0.3, 0.4) is 0 Å². The molecule has 88 valence electrons. The number of carbonyl (C=O) groups is 1. The molecule has 1 amide bonds. The van der Waals surface area contributed by atoms with Crippen LogP contribution in [0.2, 0.25) is 0 Å². The predicted molar refractivity (Wildman–Crippen MR) is 59.9 cm³/mol.